The Morgan fingerprint density at radius 2 is 1.91 bits per heavy atom. The minimum absolute atomic E-state index is 0.245. The van der Waals surface area contributed by atoms with Gasteiger partial charge in [0, 0.05) is 16.5 Å². The van der Waals surface area contributed by atoms with E-state index in [1.54, 1.807) is 16.6 Å². The van der Waals surface area contributed by atoms with E-state index in [9.17, 15) is 4.79 Å². The molecule has 0 saturated carbocycles. The highest BCUT2D eigenvalue weighted by molar-refractivity contribution is 7.15. The molecule has 1 N–H and O–H groups in total. The number of rotatable bonds is 9. The molecule has 2 aromatic carbocycles. The Labute approximate surface area is 192 Å². The fourth-order valence-corrected chi connectivity index (χ4v) is 4.44. The predicted molar refractivity (Wildman–Crippen MR) is 130 cm³/mol. The van der Waals surface area contributed by atoms with Crippen LogP contribution in [0, 0.1) is 13.8 Å². The summed E-state index contributed by atoms with van der Waals surface area (Å²) >= 11 is 1.50. The number of nitrogens with zero attached hydrogens (tertiary/aromatic N) is 3. The van der Waals surface area contributed by atoms with Crippen molar-refractivity contribution in [3.63, 3.8) is 0 Å². The largest absolute Gasteiger partial charge is 0.494 e. The molecule has 0 aliphatic rings. The smallest absolute Gasteiger partial charge is 0.258 e. The normalized spacial score (nSPS) is 11.1. The lowest BCUT2D eigenvalue weighted by atomic mass is 10.0. The minimum atomic E-state index is -0.245. The van der Waals surface area contributed by atoms with Crippen molar-refractivity contribution in [2.45, 2.75) is 46.5 Å². The molecule has 2 aromatic heterocycles. The molecule has 6 nitrogen and oxygen atoms in total. The number of anilines is 1. The van der Waals surface area contributed by atoms with E-state index in [-0.39, 0.29) is 5.91 Å². The summed E-state index contributed by atoms with van der Waals surface area (Å²) in [5.41, 5.74) is 5.01. The Bertz CT molecular complexity index is 1210. The lowest BCUT2D eigenvalue weighted by Gasteiger charge is -2.07. The average molecular weight is 449 g/mol. The van der Waals surface area contributed by atoms with Crippen molar-refractivity contribution < 1.29 is 9.53 Å². The fraction of sp³-hybridized carbons (Fsp3) is 0.320. The molecule has 0 aliphatic carbocycles. The maximum Gasteiger partial charge on any atom is 0.258 e. The lowest BCUT2D eigenvalue weighted by molar-refractivity contribution is 0.102. The van der Waals surface area contributed by atoms with E-state index in [2.05, 4.69) is 54.4 Å². The molecule has 0 bridgehead atoms. The summed E-state index contributed by atoms with van der Waals surface area (Å²) in [6, 6.07) is 13.5. The highest BCUT2D eigenvalue weighted by Crippen LogP contribution is 2.29. The molecule has 166 valence electrons. The molecule has 0 aliphatic heterocycles. The molecule has 0 spiro atoms. The molecule has 7 heteroatoms. The number of aromatic nitrogens is 3. The first-order valence-electron chi connectivity index (χ1n) is 11.0. The van der Waals surface area contributed by atoms with Crippen LogP contribution in [0.2, 0.25) is 0 Å². The topological polar surface area (TPSA) is 68.5 Å². The van der Waals surface area contributed by atoms with Crippen LogP contribution in [0.15, 0.2) is 47.8 Å². The summed E-state index contributed by atoms with van der Waals surface area (Å²) < 4.78 is 7.53. The first kappa shape index (κ1) is 22.0. The standard InChI is InChI=1S/C25H28N4O2S/c1-4-5-6-7-14-31-20-11-9-19(10-12-20)23(30)26-24-27-25-29(28-24)22(16-32-25)21-13-8-17(2)15-18(21)3/h8-13,15-16H,4-7,14H2,1-3H3,(H,26,28,30). The number of nitrogens with one attached hydrogen (secondary N) is 1. The second-order valence-electron chi connectivity index (χ2n) is 7.96. The zero-order valence-corrected chi connectivity index (χ0v) is 19.5. The third-order valence-electron chi connectivity index (χ3n) is 5.35. The van der Waals surface area contributed by atoms with Crippen LogP contribution in [0.1, 0.15) is 54.1 Å². The van der Waals surface area contributed by atoms with Gasteiger partial charge < -0.3 is 4.74 Å². The number of ether oxygens (including phenoxy) is 1. The molecular weight excluding hydrogens is 420 g/mol. The SMILES string of the molecule is CCCCCCOc1ccc(C(=O)Nc2nc3scc(-c4ccc(C)cc4C)n3n2)cc1. The van der Waals surface area contributed by atoms with Gasteiger partial charge in [-0.15, -0.1) is 16.4 Å². The van der Waals surface area contributed by atoms with E-state index in [4.69, 9.17) is 4.74 Å². The summed E-state index contributed by atoms with van der Waals surface area (Å²) in [6.45, 7) is 7.06. The highest BCUT2D eigenvalue weighted by atomic mass is 32.1. The molecule has 4 aromatic rings. The molecule has 1 amide bonds. The van der Waals surface area contributed by atoms with Gasteiger partial charge in [0.05, 0.1) is 12.3 Å². The number of thiazole rings is 1. The van der Waals surface area contributed by atoms with Crippen molar-refractivity contribution >= 4 is 28.2 Å². The zero-order valence-electron chi connectivity index (χ0n) is 18.7. The maximum absolute atomic E-state index is 12.7. The number of benzene rings is 2. The number of hydrogen-bond donors (Lipinski definition) is 1. The summed E-state index contributed by atoms with van der Waals surface area (Å²) in [6.07, 6.45) is 4.66. The average Bonchev–Trinajstić information content (AvgIpc) is 3.34. The second kappa shape index (κ2) is 9.96. The van der Waals surface area contributed by atoms with Crippen LogP contribution in [-0.2, 0) is 0 Å². The van der Waals surface area contributed by atoms with Crippen LogP contribution in [0.3, 0.4) is 0 Å². The molecule has 0 unspecified atom stereocenters. The third kappa shape index (κ3) is 4.99. The predicted octanol–water partition coefficient (Wildman–Crippen LogP) is 6.29. The van der Waals surface area contributed by atoms with Gasteiger partial charge in [-0.2, -0.15) is 4.98 Å². The van der Waals surface area contributed by atoms with Gasteiger partial charge in [0.2, 0.25) is 4.96 Å². The first-order valence-corrected chi connectivity index (χ1v) is 11.9. The minimum Gasteiger partial charge on any atom is -0.494 e. The number of unbranched alkanes of at least 4 members (excludes halogenated alkanes) is 3. The van der Waals surface area contributed by atoms with E-state index >= 15 is 0 Å². The number of carbonyl (C=O) groups is 1. The van der Waals surface area contributed by atoms with Gasteiger partial charge in [0.1, 0.15) is 5.75 Å². The van der Waals surface area contributed by atoms with E-state index in [1.165, 1.54) is 41.7 Å². The molecule has 4 rings (SSSR count). The maximum atomic E-state index is 12.7. The quantitative estimate of drug-likeness (QED) is 0.306. The van der Waals surface area contributed by atoms with Crippen LogP contribution < -0.4 is 10.1 Å². The van der Waals surface area contributed by atoms with Crippen molar-refractivity contribution in [1.82, 2.24) is 14.6 Å². The lowest BCUT2D eigenvalue weighted by Crippen LogP contribution is -2.13. The van der Waals surface area contributed by atoms with Crippen LogP contribution in [0.25, 0.3) is 16.2 Å². The molecular formula is C25H28N4O2S. The molecule has 0 atom stereocenters. The number of carbonyl (C=O) groups excluding carboxylic acids is 1. The zero-order chi connectivity index (χ0) is 22.5. The Kier molecular flexibility index (Phi) is 6.85. The second-order valence-corrected chi connectivity index (χ2v) is 8.79. The Morgan fingerprint density at radius 1 is 1.09 bits per heavy atom. The number of amides is 1. The highest BCUT2D eigenvalue weighted by Gasteiger charge is 2.15. The molecule has 32 heavy (non-hydrogen) atoms. The van der Waals surface area contributed by atoms with E-state index < -0.39 is 0 Å². The number of hydrogen-bond acceptors (Lipinski definition) is 5. The van der Waals surface area contributed by atoms with Gasteiger partial charge in [-0.05, 0) is 50.1 Å². The summed E-state index contributed by atoms with van der Waals surface area (Å²) in [5.74, 6) is 0.826. The van der Waals surface area contributed by atoms with E-state index in [0.717, 1.165) is 28.4 Å². The molecule has 0 saturated heterocycles. The van der Waals surface area contributed by atoms with Gasteiger partial charge in [0.15, 0.2) is 0 Å². The van der Waals surface area contributed by atoms with Gasteiger partial charge in [-0.3, -0.25) is 10.1 Å². The fourth-order valence-electron chi connectivity index (χ4n) is 3.62. The number of aryl methyl sites for hydroxylation is 2. The van der Waals surface area contributed by atoms with Crippen molar-refractivity contribution in [2.75, 3.05) is 11.9 Å². The van der Waals surface area contributed by atoms with Crippen LogP contribution >= 0.6 is 11.3 Å². The van der Waals surface area contributed by atoms with Crippen LogP contribution in [0.4, 0.5) is 5.95 Å². The third-order valence-corrected chi connectivity index (χ3v) is 6.16. The first-order chi connectivity index (χ1) is 15.5. The van der Waals surface area contributed by atoms with Gasteiger partial charge in [-0.25, -0.2) is 4.52 Å². The summed E-state index contributed by atoms with van der Waals surface area (Å²) in [4.78, 5) is 17.9. The van der Waals surface area contributed by atoms with Gasteiger partial charge >= 0.3 is 0 Å². The number of fused-ring (bicyclic) bond motifs is 1. The Balaban J connectivity index is 1.42. The van der Waals surface area contributed by atoms with Crippen LogP contribution in [-0.4, -0.2) is 27.1 Å². The van der Waals surface area contributed by atoms with Crippen molar-refractivity contribution in [3.8, 4) is 17.0 Å². The van der Waals surface area contributed by atoms with Crippen LogP contribution in [0.5, 0.6) is 5.75 Å². The molecule has 2 heterocycles. The van der Waals surface area contributed by atoms with Gasteiger partial charge in [0.25, 0.3) is 11.9 Å². The van der Waals surface area contributed by atoms with Crippen molar-refractivity contribution in [2.24, 2.45) is 0 Å². The van der Waals surface area contributed by atoms with E-state index in [1.807, 2.05) is 17.5 Å². The summed E-state index contributed by atoms with van der Waals surface area (Å²) in [5, 5.41) is 9.37. The summed E-state index contributed by atoms with van der Waals surface area (Å²) in [7, 11) is 0. The Morgan fingerprint density at radius 3 is 2.66 bits per heavy atom. The van der Waals surface area contributed by atoms with Crippen molar-refractivity contribution in [3.05, 3.63) is 64.5 Å². The molecule has 0 fully saturated rings. The van der Waals surface area contributed by atoms with Crippen molar-refractivity contribution in [1.29, 1.82) is 0 Å². The van der Waals surface area contributed by atoms with Gasteiger partial charge in [-0.1, -0.05) is 49.9 Å². The molecule has 0 radical (unpaired) electrons. The monoisotopic (exact) mass is 448 g/mol. The Hall–Kier alpha value is -3.19. The van der Waals surface area contributed by atoms with E-state index in [0.29, 0.717) is 18.1 Å².